The van der Waals surface area contributed by atoms with Crippen molar-refractivity contribution in [2.75, 3.05) is 20.3 Å². The highest BCUT2D eigenvalue weighted by atomic mass is 16.7. The van der Waals surface area contributed by atoms with Crippen LogP contribution in [-0.2, 0) is 14.2 Å². The third-order valence-corrected chi connectivity index (χ3v) is 5.18. The van der Waals surface area contributed by atoms with Gasteiger partial charge in [-0.2, -0.15) is 0 Å². The SMILES string of the molecule is COC1(C2CCCC2)CCC2(CC1)OCCO2. The minimum absolute atomic E-state index is 0.122. The molecular weight excluding hydrogens is 216 g/mol. The highest BCUT2D eigenvalue weighted by molar-refractivity contribution is 4.97. The molecule has 0 atom stereocenters. The van der Waals surface area contributed by atoms with Gasteiger partial charge in [-0.1, -0.05) is 12.8 Å². The number of ether oxygens (including phenoxy) is 3. The molecule has 3 aliphatic rings. The van der Waals surface area contributed by atoms with Crippen LogP contribution >= 0.6 is 0 Å². The van der Waals surface area contributed by atoms with Gasteiger partial charge in [0.1, 0.15) is 0 Å². The van der Waals surface area contributed by atoms with Crippen LogP contribution in [0.3, 0.4) is 0 Å². The molecule has 0 bridgehead atoms. The third kappa shape index (κ3) is 2.02. The molecule has 1 saturated heterocycles. The fourth-order valence-electron chi connectivity index (χ4n) is 4.07. The number of hydrogen-bond acceptors (Lipinski definition) is 3. The fourth-order valence-corrected chi connectivity index (χ4v) is 4.07. The zero-order valence-electron chi connectivity index (χ0n) is 10.9. The molecular formula is C14H24O3. The summed E-state index contributed by atoms with van der Waals surface area (Å²) in [6.07, 6.45) is 9.70. The highest BCUT2D eigenvalue weighted by Gasteiger charge is 2.50. The zero-order valence-corrected chi connectivity index (χ0v) is 10.9. The lowest BCUT2D eigenvalue weighted by molar-refractivity contribution is -0.215. The molecule has 0 radical (unpaired) electrons. The summed E-state index contributed by atoms with van der Waals surface area (Å²) >= 11 is 0. The standard InChI is InChI=1S/C14H24O3/c1-15-13(12-4-2-3-5-12)6-8-14(9-7-13)16-10-11-17-14/h12H,2-11H2,1H3. The molecule has 3 heteroatoms. The van der Waals surface area contributed by atoms with E-state index in [-0.39, 0.29) is 11.4 Å². The minimum atomic E-state index is -0.249. The zero-order chi connectivity index (χ0) is 11.8. The Balaban J connectivity index is 1.68. The first kappa shape index (κ1) is 11.9. The van der Waals surface area contributed by atoms with Crippen LogP contribution in [0.2, 0.25) is 0 Å². The summed E-state index contributed by atoms with van der Waals surface area (Å²) in [5, 5.41) is 0. The smallest absolute Gasteiger partial charge is 0.168 e. The summed E-state index contributed by atoms with van der Waals surface area (Å²) in [7, 11) is 1.90. The van der Waals surface area contributed by atoms with E-state index in [9.17, 15) is 0 Å². The minimum Gasteiger partial charge on any atom is -0.378 e. The van der Waals surface area contributed by atoms with Crippen molar-refractivity contribution in [2.45, 2.75) is 62.8 Å². The lowest BCUT2D eigenvalue weighted by Gasteiger charge is -2.46. The Morgan fingerprint density at radius 3 is 2.06 bits per heavy atom. The summed E-state index contributed by atoms with van der Waals surface area (Å²) in [6, 6.07) is 0. The van der Waals surface area contributed by atoms with Gasteiger partial charge in [-0.05, 0) is 31.6 Å². The monoisotopic (exact) mass is 240 g/mol. The van der Waals surface area contributed by atoms with Gasteiger partial charge >= 0.3 is 0 Å². The number of hydrogen-bond donors (Lipinski definition) is 0. The molecule has 0 amide bonds. The second kappa shape index (κ2) is 4.52. The Bertz CT molecular complexity index is 255. The van der Waals surface area contributed by atoms with E-state index in [0.29, 0.717) is 0 Å². The van der Waals surface area contributed by atoms with Crippen LogP contribution in [0.5, 0.6) is 0 Å². The van der Waals surface area contributed by atoms with Crippen molar-refractivity contribution in [3.05, 3.63) is 0 Å². The van der Waals surface area contributed by atoms with E-state index in [1.54, 1.807) is 0 Å². The number of rotatable bonds is 2. The van der Waals surface area contributed by atoms with Crippen molar-refractivity contribution in [2.24, 2.45) is 5.92 Å². The molecule has 1 heterocycles. The summed E-state index contributed by atoms with van der Waals surface area (Å²) in [4.78, 5) is 0. The molecule has 0 aromatic heterocycles. The predicted octanol–water partition coefficient (Wildman–Crippen LogP) is 2.88. The molecule has 0 aromatic carbocycles. The van der Waals surface area contributed by atoms with Crippen LogP contribution in [0.15, 0.2) is 0 Å². The quantitative estimate of drug-likeness (QED) is 0.743. The normalized spacial score (nSPS) is 32.3. The van der Waals surface area contributed by atoms with Gasteiger partial charge in [0.05, 0.1) is 18.8 Å². The predicted molar refractivity (Wildman–Crippen MR) is 64.8 cm³/mol. The van der Waals surface area contributed by atoms with Crippen molar-refractivity contribution in [1.82, 2.24) is 0 Å². The summed E-state index contributed by atoms with van der Waals surface area (Å²) in [5.74, 6) is 0.520. The van der Waals surface area contributed by atoms with Crippen LogP contribution in [-0.4, -0.2) is 31.7 Å². The Labute approximate surface area is 104 Å². The van der Waals surface area contributed by atoms with Gasteiger partial charge in [-0.25, -0.2) is 0 Å². The molecule has 0 aromatic rings. The van der Waals surface area contributed by atoms with E-state index >= 15 is 0 Å². The van der Waals surface area contributed by atoms with Gasteiger partial charge in [0.25, 0.3) is 0 Å². The Hall–Kier alpha value is -0.120. The Kier molecular flexibility index (Phi) is 3.18. The molecule has 17 heavy (non-hydrogen) atoms. The van der Waals surface area contributed by atoms with Crippen LogP contribution in [0, 0.1) is 5.92 Å². The average Bonchev–Trinajstić information content (AvgIpc) is 3.03. The topological polar surface area (TPSA) is 27.7 Å². The molecule has 0 N–H and O–H groups in total. The van der Waals surface area contributed by atoms with Gasteiger partial charge in [0, 0.05) is 20.0 Å². The summed E-state index contributed by atoms with van der Waals surface area (Å²) < 4.78 is 17.6. The van der Waals surface area contributed by atoms with E-state index in [1.807, 2.05) is 7.11 Å². The first-order valence-corrected chi connectivity index (χ1v) is 7.12. The van der Waals surface area contributed by atoms with Crippen molar-refractivity contribution in [3.8, 4) is 0 Å². The Morgan fingerprint density at radius 2 is 1.53 bits per heavy atom. The van der Waals surface area contributed by atoms with Crippen molar-refractivity contribution in [3.63, 3.8) is 0 Å². The average molecular weight is 240 g/mol. The van der Waals surface area contributed by atoms with Gasteiger partial charge in [0.15, 0.2) is 5.79 Å². The lowest BCUT2D eigenvalue weighted by atomic mass is 9.72. The van der Waals surface area contributed by atoms with Gasteiger partial charge in [0.2, 0.25) is 0 Å². The van der Waals surface area contributed by atoms with Crippen molar-refractivity contribution < 1.29 is 14.2 Å². The van der Waals surface area contributed by atoms with Gasteiger partial charge < -0.3 is 14.2 Å². The van der Waals surface area contributed by atoms with Crippen LogP contribution < -0.4 is 0 Å². The molecule has 2 aliphatic carbocycles. The van der Waals surface area contributed by atoms with Crippen LogP contribution in [0.25, 0.3) is 0 Å². The van der Waals surface area contributed by atoms with Crippen molar-refractivity contribution >= 4 is 0 Å². The first-order valence-electron chi connectivity index (χ1n) is 7.12. The van der Waals surface area contributed by atoms with E-state index in [0.717, 1.165) is 44.8 Å². The first-order chi connectivity index (χ1) is 8.29. The van der Waals surface area contributed by atoms with E-state index in [4.69, 9.17) is 14.2 Å². The molecule has 3 nitrogen and oxygen atoms in total. The van der Waals surface area contributed by atoms with E-state index < -0.39 is 0 Å². The van der Waals surface area contributed by atoms with E-state index in [1.165, 1.54) is 25.7 Å². The molecule has 1 aliphatic heterocycles. The maximum absolute atomic E-state index is 5.95. The number of methoxy groups -OCH3 is 1. The fraction of sp³-hybridized carbons (Fsp3) is 1.00. The molecule has 3 fully saturated rings. The van der Waals surface area contributed by atoms with Gasteiger partial charge in [-0.15, -0.1) is 0 Å². The summed E-state index contributed by atoms with van der Waals surface area (Å²) in [5.41, 5.74) is 0.122. The molecule has 1 spiro atoms. The summed E-state index contributed by atoms with van der Waals surface area (Å²) in [6.45, 7) is 1.53. The third-order valence-electron chi connectivity index (χ3n) is 5.18. The Morgan fingerprint density at radius 1 is 0.941 bits per heavy atom. The van der Waals surface area contributed by atoms with E-state index in [2.05, 4.69) is 0 Å². The van der Waals surface area contributed by atoms with Crippen LogP contribution in [0.4, 0.5) is 0 Å². The second-order valence-electron chi connectivity index (χ2n) is 5.86. The molecule has 0 unspecified atom stereocenters. The van der Waals surface area contributed by atoms with Gasteiger partial charge in [-0.3, -0.25) is 0 Å². The largest absolute Gasteiger partial charge is 0.378 e. The lowest BCUT2D eigenvalue weighted by Crippen LogP contribution is -2.48. The highest BCUT2D eigenvalue weighted by Crippen LogP contribution is 2.49. The maximum atomic E-state index is 5.95. The van der Waals surface area contributed by atoms with Crippen molar-refractivity contribution in [1.29, 1.82) is 0 Å². The molecule has 2 saturated carbocycles. The van der Waals surface area contributed by atoms with Crippen LogP contribution in [0.1, 0.15) is 51.4 Å². The molecule has 3 rings (SSSR count). The second-order valence-corrected chi connectivity index (χ2v) is 5.86. The molecule has 98 valence electrons. The maximum Gasteiger partial charge on any atom is 0.168 e.